The Labute approximate surface area is 202 Å². The molecule has 1 aromatic heterocycles. The van der Waals surface area contributed by atoms with Gasteiger partial charge in [-0.1, -0.05) is 32.4 Å². The largest absolute Gasteiger partial charge is 0.465 e. The highest BCUT2D eigenvalue weighted by molar-refractivity contribution is 14.1. The third kappa shape index (κ3) is 5.09. The summed E-state index contributed by atoms with van der Waals surface area (Å²) in [5.41, 5.74) is 2.22. The number of hydrogen-bond donors (Lipinski definition) is 1. The van der Waals surface area contributed by atoms with Crippen LogP contribution in [0.15, 0.2) is 18.2 Å². The van der Waals surface area contributed by atoms with Gasteiger partial charge in [0.2, 0.25) is 0 Å². The van der Waals surface area contributed by atoms with Gasteiger partial charge in [0.25, 0.3) is 0 Å². The first-order valence-corrected chi connectivity index (χ1v) is 14.5. The van der Waals surface area contributed by atoms with E-state index in [1.807, 2.05) is 4.68 Å². The summed E-state index contributed by atoms with van der Waals surface area (Å²) in [6, 6.07) is 4.38. The zero-order chi connectivity index (χ0) is 23.1. The first-order chi connectivity index (χ1) is 14.3. The Bertz CT molecular complexity index is 993. The molecule has 1 atom stereocenters. The molecule has 1 unspecified atom stereocenters. The van der Waals surface area contributed by atoms with E-state index in [0.29, 0.717) is 30.8 Å². The van der Waals surface area contributed by atoms with Gasteiger partial charge in [0, 0.05) is 18.7 Å². The van der Waals surface area contributed by atoms with Crippen LogP contribution in [0.25, 0.3) is 11.3 Å². The number of carbonyl (C=O) groups is 1. The van der Waals surface area contributed by atoms with E-state index < -0.39 is 20.2 Å². The lowest BCUT2D eigenvalue weighted by atomic mass is 10.1. The van der Waals surface area contributed by atoms with Gasteiger partial charge >= 0.3 is 6.09 Å². The molecular weight excluding hydrogens is 552 g/mol. The van der Waals surface area contributed by atoms with Crippen molar-refractivity contribution in [3.63, 3.8) is 0 Å². The van der Waals surface area contributed by atoms with Crippen LogP contribution in [0.1, 0.15) is 38.9 Å². The smallest absolute Gasteiger partial charge is 0.407 e. The average Bonchev–Trinajstić information content (AvgIpc) is 3.00. The molecule has 1 aliphatic rings. The normalized spacial score (nSPS) is 17.0. The second-order valence-electron chi connectivity index (χ2n) is 9.40. The summed E-state index contributed by atoms with van der Waals surface area (Å²) in [5.74, 6) is -0.484. The molecular formula is C21H28ClFIN3O3Si. The second-order valence-corrected chi connectivity index (χ2v) is 15.7. The molecule has 1 N–H and O–H groups in total. The van der Waals surface area contributed by atoms with Gasteiger partial charge in [0.15, 0.2) is 8.32 Å². The van der Waals surface area contributed by atoms with E-state index in [0.717, 1.165) is 9.26 Å². The van der Waals surface area contributed by atoms with Crippen LogP contribution in [-0.4, -0.2) is 47.3 Å². The van der Waals surface area contributed by atoms with Crippen LogP contribution in [0, 0.1) is 9.39 Å². The maximum Gasteiger partial charge on any atom is 0.407 e. The molecule has 1 aromatic carbocycles. The van der Waals surface area contributed by atoms with Crippen molar-refractivity contribution in [3.05, 3.63) is 38.3 Å². The van der Waals surface area contributed by atoms with Crippen LogP contribution in [0.3, 0.4) is 0 Å². The number of aromatic nitrogens is 2. The van der Waals surface area contributed by atoms with Crippen molar-refractivity contribution in [1.29, 1.82) is 0 Å². The number of halogens is 3. The number of fused-ring (bicyclic) bond motifs is 1. The van der Waals surface area contributed by atoms with E-state index in [1.54, 1.807) is 12.1 Å². The van der Waals surface area contributed by atoms with Crippen molar-refractivity contribution in [2.75, 3.05) is 13.2 Å². The molecule has 2 aromatic rings. The SMILES string of the molecule is CC(C)(C)[Si](C)(C)OCCC1CN(C(=O)O)Cc2c(I)c(-c3ccc(F)c(Cl)c3)nn21. The average molecular weight is 580 g/mol. The molecule has 3 rings (SSSR count). The van der Waals surface area contributed by atoms with Gasteiger partial charge in [-0.15, -0.1) is 0 Å². The number of carboxylic acid groups (broad SMARTS) is 1. The molecule has 0 saturated heterocycles. The Balaban J connectivity index is 1.90. The van der Waals surface area contributed by atoms with Crippen molar-refractivity contribution >= 4 is 48.6 Å². The molecule has 0 fully saturated rings. The number of rotatable bonds is 5. The molecule has 6 nitrogen and oxygen atoms in total. The Morgan fingerprint density at radius 2 is 2.10 bits per heavy atom. The fourth-order valence-electron chi connectivity index (χ4n) is 3.32. The summed E-state index contributed by atoms with van der Waals surface area (Å²) >= 11 is 8.16. The fourth-order valence-corrected chi connectivity index (χ4v) is 5.40. The zero-order valence-electron chi connectivity index (χ0n) is 18.4. The van der Waals surface area contributed by atoms with Crippen molar-refractivity contribution < 1.29 is 18.7 Å². The maximum absolute atomic E-state index is 13.6. The standard InChI is InChI=1S/C21H28ClFIN3O3Si/c1-21(2,3)31(4,5)30-9-8-14-11-26(20(28)29)12-17-18(24)19(25-27(14)17)13-6-7-16(23)15(22)10-13/h6-7,10,14H,8-9,11-12H2,1-5H3,(H,28,29). The summed E-state index contributed by atoms with van der Waals surface area (Å²) in [4.78, 5) is 13.2. The summed E-state index contributed by atoms with van der Waals surface area (Å²) in [6.07, 6.45) is -0.296. The molecule has 2 heterocycles. The molecule has 170 valence electrons. The van der Waals surface area contributed by atoms with Crippen molar-refractivity contribution in [2.45, 2.75) is 57.9 Å². The lowest BCUT2D eigenvalue weighted by molar-refractivity contribution is 0.112. The predicted octanol–water partition coefficient (Wildman–Crippen LogP) is 6.39. The van der Waals surface area contributed by atoms with Gasteiger partial charge < -0.3 is 14.4 Å². The molecule has 0 bridgehead atoms. The maximum atomic E-state index is 13.6. The van der Waals surface area contributed by atoms with Crippen LogP contribution < -0.4 is 0 Å². The van der Waals surface area contributed by atoms with E-state index in [-0.39, 0.29) is 22.6 Å². The summed E-state index contributed by atoms with van der Waals surface area (Å²) < 4.78 is 22.7. The molecule has 1 aliphatic heterocycles. The Hall–Kier alpha value is -1.17. The molecule has 0 saturated carbocycles. The third-order valence-corrected chi connectivity index (χ3v) is 12.2. The number of hydrogen-bond acceptors (Lipinski definition) is 3. The van der Waals surface area contributed by atoms with Crippen molar-refractivity contribution in [2.24, 2.45) is 0 Å². The fraction of sp³-hybridized carbons (Fsp3) is 0.524. The molecule has 31 heavy (non-hydrogen) atoms. The van der Waals surface area contributed by atoms with Crippen molar-refractivity contribution in [3.8, 4) is 11.3 Å². The van der Waals surface area contributed by atoms with Crippen LogP contribution in [0.5, 0.6) is 0 Å². The summed E-state index contributed by atoms with van der Waals surface area (Å²) in [6.45, 7) is 12.1. The van der Waals surface area contributed by atoms with Crippen LogP contribution in [0.4, 0.5) is 9.18 Å². The molecule has 0 radical (unpaired) electrons. The van der Waals surface area contributed by atoms with Gasteiger partial charge in [-0.2, -0.15) is 5.10 Å². The van der Waals surface area contributed by atoms with Crippen LogP contribution >= 0.6 is 34.2 Å². The van der Waals surface area contributed by atoms with E-state index in [2.05, 4.69) is 56.5 Å². The van der Waals surface area contributed by atoms with E-state index >= 15 is 0 Å². The van der Waals surface area contributed by atoms with Gasteiger partial charge in [0.05, 0.1) is 26.9 Å². The summed E-state index contributed by atoms with van der Waals surface area (Å²) in [7, 11) is -1.90. The van der Waals surface area contributed by atoms with E-state index in [4.69, 9.17) is 21.1 Å². The first kappa shape index (κ1) is 24.5. The number of nitrogens with zero attached hydrogens (tertiary/aromatic N) is 3. The highest BCUT2D eigenvalue weighted by atomic mass is 127. The first-order valence-electron chi connectivity index (χ1n) is 10.2. The second kappa shape index (κ2) is 8.99. The quantitative estimate of drug-likeness (QED) is 0.329. The minimum Gasteiger partial charge on any atom is -0.465 e. The monoisotopic (exact) mass is 579 g/mol. The molecule has 0 aliphatic carbocycles. The van der Waals surface area contributed by atoms with Crippen LogP contribution in [-0.2, 0) is 11.0 Å². The minimum atomic E-state index is -1.90. The van der Waals surface area contributed by atoms with Gasteiger partial charge in [-0.3, -0.25) is 4.68 Å². The zero-order valence-corrected chi connectivity index (χ0v) is 22.3. The Morgan fingerprint density at radius 1 is 1.42 bits per heavy atom. The molecule has 1 amide bonds. The summed E-state index contributed by atoms with van der Waals surface area (Å²) in [5, 5.41) is 14.6. The van der Waals surface area contributed by atoms with Gasteiger partial charge in [-0.05, 0) is 65.3 Å². The van der Waals surface area contributed by atoms with E-state index in [1.165, 1.54) is 11.0 Å². The number of amides is 1. The van der Waals surface area contributed by atoms with E-state index in [9.17, 15) is 14.3 Å². The third-order valence-electron chi connectivity index (χ3n) is 6.25. The lowest BCUT2D eigenvalue weighted by Crippen LogP contribution is -2.43. The highest BCUT2D eigenvalue weighted by Crippen LogP contribution is 2.38. The van der Waals surface area contributed by atoms with Crippen LogP contribution in [0.2, 0.25) is 23.2 Å². The molecule has 10 heteroatoms. The topological polar surface area (TPSA) is 67.6 Å². The minimum absolute atomic E-state index is 0.0331. The Morgan fingerprint density at radius 3 is 2.68 bits per heavy atom. The lowest BCUT2D eigenvalue weighted by Gasteiger charge is -2.37. The highest BCUT2D eigenvalue weighted by Gasteiger charge is 2.38. The van der Waals surface area contributed by atoms with Gasteiger partial charge in [-0.25, -0.2) is 9.18 Å². The van der Waals surface area contributed by atoms with Gasteiger partial charge in [0.1, 0.15) is 11.5 Å². The number of benzene rings is 1. The van der Waals surface area contributed by atoms with Crippen molar-refractivity contribution in [1.82, 2.24) is 14.7 Å². The Kier molecular flexibility index (Phi) is 7.10. The predicted molar refractivity (Wildman–Crippen MR) is 131 cm³/mol. The molecule has 0 spiro atoms.